The van der Waals surface area contributed by atoms with Crippen molar-refractivity contribution in [2.24, 2.45) is 0 Å². The Morgan fingerprint density at radius 2 is 1.84 bits per heavy atom. The first kappa shape index (κ1) is 14.6. The van der Waals surface area contributed by atoms with Gasteiger partial charge in [0.1, 0.15) is 16.1 Å². The standard InChI is InChI=1S/C13H11BrCl2N2O/c1-3-8-11(15)17-13(18-12(8)16)7-4-5-10(19-2)9(14)6-7/h4-6H,3H2,1-2H3. The summed E-state index contributed by atoms with van der Waals surface area (Å²) in [6, 6.07) is 5.56. The monoisotopic (exact) mass is 360 g/mol. The molecule has 0 aliphatic carbocycles. The Bertz CT molecular complexity index is 597. The maximum atomic E-state index is 6.11. The Morgan fingerprint density at radius 3 is 2.32 bits per heavy atom. The number of rotatable bonds is 3. The first-order valence-corrected chi connectivity index (χ1v) is 7.17. The SMILES string of the molecule is CCc1c(Cl)nc(-c2ccc(OC)c(Br)c2)nc1Cl. The highest BCUT2D eigenvalue weighted by atomic mass is 79.9. The number of methoxy groups -OCH3 is 1. The molecule has 2 rings (SSSR count). The number of aromatic nitrogens is 2. The number of benzene rings is 1. The van der Waals surface area contributed by atoms with E-state index in [9.17, 15) is 0 Å². The molecule has 1 aromatic heterocycles. The van der Waals surface area contributed by atoms with Gasteiger partial charge in [-0.15, -0.1) is 0 Å². The number of ether oxygens (including phenoxy) is 1. The number of nitrogens with zero attached hydrogens (tertiary/aromatic N) is 2. The highest BCUT2D eigenvalue weighted by Gasteiger charge is 2.12. The van der Waals surface area contributed by atoms with Crippen LogP contribution < -0.4 is 4.74 Å². The smallest absolute Gasteiger partial charge is 0.162 e. The molecule has 0 aliphatic rings. The van der Waals surface area contributed by atoms with E-state index in [2.05, 4.69) is 25.9 Å². The summed E-state index contributed by atoms with van der Waals surface area (Å²) in [6.07, 6.45) is 0.699. The molecule has 0 spiro atoms. The number of halogens is 3. The number of hydrogen-bond donors (Lipinski definition) is 0. The zero-order valence-corrected chi connectivity index (χ0v) is 13.5. The second kappa shape index (κ2) is 6.07. The van der Waals surface area contributed by atoms with Gasteiger partial charge in [0.25, 0.3) is 0 Å². The maximum absolute atomic E-state index is 6.11. The van der Waals surface area contributed by atoms with Crippen LogP contribution in [0.3, 0.4) is 0 Å². The highest BCUT2D eigenvalue weighted by molar-refractivity contribution is 9.10. The molecule has 0 atom stereocenters. The molecule has 2 aromatic rings. The third-order valence-electron chi connectivity index (χ3n) is 2.67. The predicted molar refractivity (Wildman–Crippen MR) is 81.1 cm³/mol. The van der Waals surface area contributed by atoms with Crippen LogP contribution in [0.25, 0.3) is 11.4 Å². The van der Waals surface area contributed by atoms with E-state index in [4.69, 9.17) is 27.9 Å². The van der Waals surface area contributed by atoms with Crippen molar-refractivity contribution in [2.45, 2.75) is 13.3 Å². The summed E-state index contributed by atoms with van der Waals surface area (Å²) in [6.45, 7) is 1.96. The second-order valence-corrected chi connectivity index (χ2v) is 5.38. The molecule has 1 aromatic carbocycles. The minimum Gasteiger partial charge on any atom is -0.496 e. The Morgan fingerprint density at radius 1 is 1.21 bits per heavy atom. The second-order valence-electron chi connectivity index (χ2n) is 3.81. The summed E-state index contributed by atoms with van der Waals surface area (Å²) in [4.78, 5) is 8.56. The normalized spacial score (nSPS) is 10.6. The maximum Gasteiger partial charge on any atom is 0.162 e. The molecule has 0 radical (unpaired) electrons. The van der Waals surface area contributed by atoms with Gasteiger partial charge in [-0.05, 0) is 40.5 Å². The molecule has 0 amide bonds. The number of hydrogen-bond acceptors (Lipinski definition) is 3. The van der Waals surface area contributed by atoms with Crippen LogP contribution in [0.5, 0.6) is 5.75 Å². The fraction of sp³-hybridized carbons (Fsp3) is 0.231. The van der Waals surface area contributed by atoms with Crippen molar-refractivity contribution >= 4 is 39.1 Å². The molecular formula is C13H11BrCl2N2O. The van der Waals surface area contributed by atoms with Crippen LogP contribution in [0.2, 0.25) is 10.3 Å². The van der Waals surface area contributed by atoms with Gasteiger partial charge >= 0.3 is 0 Å². The van der Waals surface area contributed by atoms with Gasteiger partial charge in [0.2, 0.25) is 0 Å². The van der Waals surface area contributed by atoms with Gasteiger partial charge in [-0.25, -0.2) is 9.97 Å². The van der Waals surface area contributed by atoms with Crippen LogP contribution in [-0.4, -0.2) is 17.1 Å². The predicted octanol–water partition coefficient (Wildman–Crippen LogP) is 4.78. The summed E-state index contributed by atoms with van der Waals surface area (Å²) in [7, 11) is 1.61. The lowest BCUT2D eigenvalue weighted by Crippen LogP contribution is -1.97. The summed E-state index contributed by atoms with van der Waals surface area (Å²) < 4.78 is 6.00. The van der Waals surface area contributed by atoms with Crippen molar-refractivity contribution in [2.75, 3.05) is 7.11 Å². The van der Waals surface area contributed by atoms with Gasteiger partial charge in [0.15, 0.2) is 5.82 Å². The summed E-state index contributed by atoms with van der Waals surface area (Å²) in [5.74, 6) is 1.24. The molecule has 0 saturated heterocycles. The Labute approximate surface area is 130 Å². The molecule has 6 heteroatoms. The molecule has 0 fully saturated rings. The van der Waals surface area contributed by atoms with Crippen LogP contribution in [0.4, 0.5) is 0 Å². The molecule has 100 valence electrons. The molecular weight excluding hydrogens is 351 g/mol. The van der Waals surface area contributed by atoms with Crippen molar-refractivity contribution in [3.63, 3.8) is 0 Å². The Hall–Kier alpha value is -0.840. The van der Waals surface area contributed by atoms with Crippen LogP contribution >= 0.6 is 39.1 Å². The molecule has 1 heterocycles. The third kappa shape index (κ3) is 3.02. The zero-order valence-electron chi connectivity index (χ0n) is 10.4. The van der Waals surface area contributed by atoms with Gasteiger partial charge < -0.3 is 4.74 Å². The summed E-state index contributed by atoms with van der Waals surface area (Å²) in [5.41, 5.74) is 1.58. The van der Waals surface area contributed by atoms with Gasteiger partial charge in [-0.1, -0.05) is 30.1 Å². The average molecular weight is 362 g/mol. The third-order valence-corrected chi connectivity index (χ3v) is 3.91. The van der Waals surface area contributed by atoms with Crippen LogP contribution in [0, 0.1) is 0 Å². The molecule has 0 unspecified atom stereocenters. The van der Waals surface area contributed by atoms with Crippen LogP contribution in [0.15, 0.2) is 22.7 Å². The van der Waals surface area contributed by atoms with E-state index in [1.807, 2.05) is 25.1 Å². The van der Waals surface area contributed by atoms with Gasteiger partial charge in [0, 0.05) is 11.1 Å². The van der Waals surface area contributed by atoms with Crippen molar-refractivity contribution in [3.8, 4) is 17.1 Å². The van der Waals surface area contributed by atoms with Crippen LogP contribution in [-0.2, 0) is 6.42 Å². The first-order chi connectivity index (χ1) is 9.06. The van der Waals surface area contributed by atoms with Crippen LogP contribution in [0.1, 0.15) is 12.5 Å². The Kier molecular flexibility index (Phi) is 4.66. The molecule has 19 heavy (non-hydrogen) atoms. The highest BCUT2D eigenvalue weighted by Crippen LogP contribution is 2.31. The average Bonchev–Trinajstić information content (AvgIpc) is 2.38. The van der Waals surface area contributed by atoms with Crippen molar-refractivity contribution < 1.29 is 4.74 Å². The van der Waals surface area contributed by atoms with E-state index in [1.165, 1.54) is 0 Å². The Balaban J connectivity index is 2.50. The summed E-state index contributed by atoms with van der Waals surface area (Å²) in [5, 5.41) is 0.786. The minimum absolute atomic E-state index is 0.393. The van der Waals surface area contributed by atoms with Crippen molar-refractivity contribution in [1.82, 2.24) is 9.97 Å². The lowest BCUT2D eigenvalue weighted by molar-refractivity contribution is 0.412. The largest absolute Gasteiger partial charge is 0.496 e. The van der Waals surface area contributed by atoms with E-state index in [0.717, 1.165) is 21.3 Å². The minimum atomic E-state index is 0.393. The van der Waals surface area contributed by atoms with E-state index in [1.54, 1.807) is 7.11 Å². The van der Waals surface area contributed by atoms with Gasteiger partial charge in [-0.3, -0.25) is 0 Å². The summed E-state index contributed by atoms with van der Waals surface area (Å²) >= 11 is 15.6. The van der Waals surface area contributed by atoms with E-state index >= 15 is 0 Å². The lowest BCUT2D eigenvalue weighted by atomic mass is 10.2. The molecule has 0 N–H and O–H groups in total. The fourth-order valence-corrected chi connectivity index (χ4v) is 2.85. The van der Waals surface area contributed by atoms with Gasteiger partial charge in [0.05, 0.1) is 11.6 Å². The molecule has 3 nitrogen and oxygen atoms in total. The lowest BCUT2D eigenvalue weighted by Gasteiger charge is -2.08. The zero-order chi connectivity index (χ0) is 14.0. The molecule has 0 aliphatic heterocycles. The molecule has 0 bridgehead atoms. The fourth-order valence-electron chi connectivity index (χ4n) is 1.66. The topological polar surface area (TPSA) is 35.0 Å². The quantitative estimate of drug-likeness (QED) is 0.737. The van der Waals surface area contributed by atoms with Crippen molar-refractivity contribution in [3.05, 3.63) is 38.5 Å². The first-order valence-electron chi connectivity index (χ1n) is 5.62. The van der Waals surface area contributed by atoms with Gasteiger partial charge in [-0.2, -0.15) is 0 Å². The van der Waals surface area contributed by atoms with E-state index < -0.39 is 0 Å². The van der Waals surface area contributed by atoms with E-state index in [-0.39, 0.29) is 0 Å². The van der Waals surface area contributed by atoms with E-state index in [0.29, 0.717) is 22.6 Å². The molecule has 0 saturated carbocycles. The van der Waals surface area contributed by atoms with Crippen molar-refractivity contribution in [1.29, 1.82) is 0 Å².